The van der Waals surface area contributed by atoms with Gasteiger partial charge in [0.2, 0.25) is 0 Å². The minimum atomic E-state index is -0.263. The lowest BCUT2D eigenvalue weighted by Gasteiger charge is -2.60. The normalized spacial score (nSPS) is 54.2. The summed E-state index contributed by atoms with van der Waals surface area (Å²) in [7, 11) is 0. The molecular formula is C14H24N2O. The van der Waals surface area contributed by atoms with Gasteiger partial charge in [0.15, 0.2) is 0 Å². The predicted molar refractivity (Wildman–Crippen MR) is 66.7 cm³/mol. The summed E-state index contributed by atoms with van der Waals surface area (Å²) in [5.41, 5.74) is -0.263. The largest absolute Gasteiger partial charge is 0.390 e. The summed E-state index contributed by atoms with van der Waals surface area (Å²) in [5.74, 6) is 2.44. The van der Waals surface area contributed by atoms with Gasteiger partial charge >= 0.3 is 0 Å². The molecule has 2 atom stereocenters. The van der Waals surface area contributed by atoms with Crippen LogP contribution in [0, 0.1) is 17.8 Å². The third-order valence-corrected chi connectivity index (χ3v) is 5.76. The average molecular weight is 236 g/mol. The monoisotopic (exact) mass is 236 g/mol. The molecule has 0 aromatic carbocycles. The topological polar surface area (TPSA) is 35.5 Å². The van der Waals surface area contributed by atoms with Crippen molar-refractivity contribution >= 4 is 0 Å². The van der Waals surface area contributed by atoms with Crippen molar-refractivity contribution in [3.05, 3.63) is 0 Å². The second kappa shape index (κ2) is 3.69. The highest BCUT2D eigenvalue weighted by molar-refractivity contribution is 5.08. The van der Waals surface area contributed by atoms with Crippen LogP contribution in [0.2, 0.25) is 0 Å². The van der Waals surface area contributed by atoms with E-state index in [4.69, 9.17) is 0 Å². The average Bonchev–Trinajstić information content (AvgIpc) is 2.27. The van der Waals surface area contributed by atoms with Crippen LogP contribution in [-0.4, -0.2) is 47.8 Å². The second-order valence-electron chi connectivity index (χ2n) is 6.97. The van der Waals surface area contributed by atoms with Gasteiger partial charge in [-0.3, -0.25) is 4.90 Å². The van der Waals surface area contributed by atoms with Gasteiger partial charge in [0.1, 0.15) is 0 Å². The Hall–Kier alpha value is -0.120. The maximum Gasteiger partial charge on any atom is 0.0657 e. The van der Waals surface area contributed by atoms with Gasteiger partial charge in [0.05, 0.1) is 5.60 Å². The molecule has 3 heteroatoms. The van der Waals surface area contributed by atoms with Crippen LogP contribution in [0.3, 0.4) is 0 Å². The van der Waals surface area contributed by atoms with Gasteiger partial charge in [0.25, 0.3) is 0 Å². The first-order valence-corrected chi connectivity index (χ1v) is 7.41. The van der Waals surface area contributed by atoms with Crippen molar-refractivity contribution in [1.29, 1.82) is 0 Å². The van der Waals surface area contributed by atoms with Crippen molar-refractivity contribution in [3.8, 4) is 0 Å². The van der Waals surface area contributed by atoms with Crippen molar-refractivity contribution in [2.45, 2.75) is 43.7 Å². The van der Waals surface area contributed by atoms with Crippen LogP contribution < -0.4 is 5.32 Å². The Morgan fingerprint density at radius 1 is 1.00 bits per heavy atom. The molecule has 2 unspecified atom stereocenters. The molecule has 0 spiro atoms. The van der Waals surface area contributed by atoms with Crippen LogP contribution in [0.1, 0.15) is 32.1 Å². The van der Waals surface area contributed by atoms with Crippen LogP contribution in [0.15, 0.2) is 0 Å². The van der Waals surface area contributed by atoms with Crippen LogP contribution in [0.4, 0.5) is 0 Å². The van der Waals surface area contributed by atoms with Crippen molar-refractivity contribution in [2.24, 2.45) is 17.8 Å². The Balaban J connectivity index is 1.57. The molecule has 5 fully saturated rings. The molecule has 0 aromatic heterocycles. The minimum absolute atomic E-state index is 0.263. The molecule has 4 aliphatic carbocycles. The van der Waals surface area contributed by atoms with E-state index >= 15 is 0 Å². The fourth-order valence-electron chi connectivity index (χ4n) is 5.53. The third-order valence-electron chi connectivity index (χ3n) is 5.76. The smallest absolute Gasteiger partial charge is 0.0657 e. The first kappa shape index (κ1) is 10.8. The number of piperazine rings is 1. The minimum Gasteiger partial charge on any atom is -0.390 e. The van der Waals surface area contributed by atoms with E-state index in [9.17, 15) is 5.11 Å². The van der Waals surface area contributed by atoms with Gasteiger partial charge in [-0.15, -0.1) is 0 Å². The zero-order valence-corrected chi connectivity index (χ0v) is 10.6. The number of aliphatic hydroxyl groups is 1. The van der Waals surface area contributed by atoms with Crippen LogP contribution in [0.5, 0.6) is 0 Å². The highest BCUT2D eigenvalue weighted by Crippen LogP contribution is 2.56. The summed E-state index contributed by atoms with van der Waals surface area (Å²) >= 11 is 0. The van der Waals surface area contributed by atoms with Crippen molar-refractivity contribution in [3.63, 3.8) is 0 Å². The van der Waals surface area contributed by atoms with Crippen LogP contribution in [-0.2, 0) is 0 Å². The Labute approximate surface area is 104 Å². The van der Waals surface area contributed by atoms with E-state index < -0.39 is 0 Å². The fraction of sp³-hybridized carbons (Fsp3) is 1.00. The molecular weight excluding hydrogens is 212 g/mol. The van der Waals surface area contributed by atoms with E-state index in [0.717, 1.165) is 56.1 Å². The highest BCUT2D eigenvalue weighted by atomic mass is 16.3. The molecule has 1 heterocycles. The summed E-state index contributed by atoms with van der Waals surface area (Å²) < 4.78 is 0. The second-order valence-corrected chi connectivity index (χ2v) is 6.97. The zero-order chi connectivity index (χ0) is 11.5. The number of nitrogens with one attached hydrogen (secondary N) is 1. The molecule has 1 saturated heterocycles. The summed E-state index contributed by atoms with van der Waals surface area (Å²) in [5, 5.41) is 14.0. The van der Waals surface area contributed by atoms with Gasteiger partial charge in [-0.1, -0.05) is 0 Å². The molecule has 4 saturated carbocycles. The fourth-order valence-corrected chi connectivity index (χ4v) is 5.53. The highest BCUT2D eigenvalue weighted by Gasteiger charge is 2.55. The first-order valence-electron chi connectivity index (χ1n) is 7.41. The van der Waals surface area contributed by atoms with Gasteiger partial charge in [-0.2, -0.15) is 0 Å². The SMILES string of the molecule is OC12CC3CC(C1)C(N1CCNCC1)C(C3)C2. The number of rotatable bonds is 1. The van der Waals surface area contributed by atoms with E-state index in [1.54, 1.807) is 0 Å². The van der Waals surface area contributed by atoms with E-state index in [-0.39, 0.29) is 5.60 Å². The van der Waals surface area contributed by atoms with Gasteiger partial charge in [0, 0.05) is 32.2 Å². The molecule has 0 radical (unpaired) electrons. The zero-order valence-electron chi connectivity index (χ0n) is 10.6. The summed E-state index contributed by atoms with van der Waals surface area (Å²) in [6, 6.07) is 0.800. The van der Waals surface area contributed by atoms with E-state index in [1.165, 1.54) is 25.9 Å². The van der Waals surface area contributed by atoms with Gasteiger partial charge < -0.3 is 10.4 Å². The lowest BCUT2D eigenvalue weighted by Crippen LogP contribution is -2.63. The maximum atomic E-state index is 10.6. The van der Waals surface area contributed by atoms with Crippen LogP contribution >= 0.6 is 0 Å². The molecule has 1 aliphatic heterocycles. The summed E-state index contributed by atoms with van der Waals surface area (Å²) in [6.07, 6.45) is 6.08. The molecule has 96 valence electrons. The third kappa shape index (κ3) is 1.66. The van der Waals surface area contributed by atoms with E-state index in [2.05, 4.69) is 10.2 Å². The standard InChI is InChI=1S/C14H24N2O/c17-14-7-10-5-11(8-14)13(12(6-10)9-14)16-3-1-15-2-4-16/h10-13,15,17H,1-9H2. The molecule has 0 aromatic rings. The van der Waals surface area contributed by atoms with Crippen molar-refractivity contribution < 1.29 is 5.11 Å². The number of nitrogens with zero attached hydrogens (tertiary/aromatic N) is 1. The lowest BCUT2D eigenvalue weighted by molar-refractivity contribution is -0.161. The number of hydrogen-bond acceptors (Lipinski definition) is 3. The maximum absolute atomic E-state index is 10.6. The molecule has 5 rings (SSSR count). The van der Waals surface area contributed by atoms with Crippen LogP contribution in [0.25, 0.3) is 0 Å². The van der Waals surface area contributed by atoms with Gasteiger partial charge in [-0.25, -0.2) is 0 Å². The first-order chi connectivity index (χ1) is 8.23. The Morgan fingerprint density at radius 2 is 1.65 bits per heavy atom. The van der Waals surface area contributed by atoms with Crippen molar-refractivity contribution in [2.75, 3.05) is 26.2 Å². The molecule has 17 heavy (non-hydrogen) atoms. The quantitative estimate of drug-likeness (QED) is 0.708. The van der Waals surface area contributed by atoms with E-state index in [0.29, 0.717) is 0 Å². The Morgan fingerprint density at radius 3 is 2.24 bits per heavy atom. The lowest BCUT2D eigenvalue weighted by atomic mass is 9.52. The van der Waals surface area contributed by atoms with Gasteiger partial charge in [-0.05, 0) is 49.9 Å². The summed E-state index contributed by atoms with van der Waals surface area (Å²) in [4.78, 5) is 2.73. The predicted octanol–water partition coefficient (Wildman–Crippen LogP) is 0.831. The van der Waals surface area contributed by atoms with E-state index in [1.807, 2.05) is 0 Å². The molecule has 3 nitrogen and oxygen atoms in total. The number of hydrogen-bond donors (Lipinski definition) is 2. The molecule has 4 bridgehead atoms. The molecule has 5 aliphatic rings. The summed E-state index contributed by atoms with van der Waals surface area (Å²) in [6.45, 7) is 4.76. The van der Waals surface area contributed by atoms with Crippen molar-refractivity contribution in [1.82, 2.24) is 10.2 Å². The molecule has 2 N–H and O–H groups in total. The Kier molecular flexibility index (Phi) is 2.34. The Bertz CT molecular complexity index is 297. The molecule has 0 amide bonds.